The van der Waals surface area contributed by atoms with E-state index in [-0.39, 0.29) is 0 Å². The molecule has 3 heterocycles. The van der Waals surface area contributed by atoms with Crippen LogP contribution in [0.5, 0.6) is 0 Å². The Bertz CT molecular complexity index is 576. The average molecular weight is 260 g/mol. The van der Waals surface area contributed by atoms with E-state index in [9.17, 15) is 0 Å². The molecule has 0 aromatic carbocycles. The van der Waals surface area contributed by atoms with Gasteiger partial charge in [-0.2, -0.15) is 0 Å². The average Bonchev–Trinajstić information content (AvgIpc) is 3.09. The van der Waals surface area contributed by atoms with Crippen molar-refractivity contribution in [2.45, 2.75) is 39.3 Å². The smallest absolute Gasteiger partial charge is 0.162 e. The molecule has 0 aliphatic carbocycles. The zero-order chi connectivity index (χ0) is 13.4. The lowest BCUT2D eigenvalue weighted by Gasteiger charge is -2.08. The SMILES string of the molecule is Cc1nc(-c2cn(C[C@@H]3CCCN3)nn2)n(C)c1C. The molecule has 2 aromatic rings. The highest BCUT2D eigenvalue weighted by Crippen LogP contribution is 2.18. The molecule has 19 heavy (non-hydrogen) atoms. The van der Waals surface area contributed by atoms with E-state index in [0.717, 1.165) is 30.3 Å². The number of rotatable bonds is 3. The maximum absolute atomic E-state index is 4.56. The Morgan fingerprint density at radius 2 is 2.26 bits per heavy atom. The molecule has 0 bridgehead atoms. The molecule has 0 radical (unpaired) electrons. The molecule has 0 unspecified atom stereocenters. The van der Waals surface area contributed by atoms with Crippen LogP contribution in [0.3, 0.4) is 0 Å². The lowest BCUT2D eigenvalue weighted by Crippen LogP contribution is -2.26. The Balaban J connectivity index is 1.82. The summed E-state index contributed by atoms with van der Waals surface area (Å²) in [4.78, 5) is 4.56. The predicted octanol–water partition coefficient (Wildman–Crippen LogP) is 1.05. The summed E-state index contributed by atoms with van der Waals surface area (Å²) in [6.45, 7) is 6.09. The van der Waals surface area contributed by atoms with Gasteiger partial charge in [0.2, 0.25) is 0 Å². The van der Waals surface area contributed by atoms with Crippen molar-refractivity contribution in [1.82, 2.24) is 29.9 Å². The van der Waals surface area contributed by atoms with Gasteiger partial charge in [0.25, 0.3) is 0 Å². The number of aryl methyl sites for hydroxylation is 1. The molecular weight excluding hydrogens is 240 g/mol. The molecule has 0 spiro atoms. The van der Waals surface area contributed by atoms with Crippen molar-refractivity contribution in [3.8, 4) is 11.5 Å². The number of nitrogens with zero attached hydrogens (tertiary/aromatic N) is 5. The van der Waals surface area contributed by atoms with Gasteiger partial charge in [-0.3, -0.25) is 4.68 Å². The Morgan fingerprint density at radius 1 is 1.42 bits per heavy atom. The highest BCUT2D eigenvalue weighted by molar-refractivity contribution is 5.49. The zero-order valence-electron chi connectivity index (χ0n) is 11.7. The molecule has 1 saturated heterocycles. The van der Waals surface area contributed by atoms with Crippen LogP contribution < -0.4 is 5.32 Å². The van der Waals surface area contributed by atoms with Crippen molar-refractivity contribution in [2.24, 2.45) is 7.05 Å². The van der Waals surface area contributed by atoms with Gasteiger partial charge in [-0.05, 0) is 33.2 Å². The molecule has 1 aliphatic rings. The second-order valence-electron chi connectivity index (χ2n) is 5.28. The van der Waals surface area contributed by atoms with Crippen LogP contribution in [0.4, 0.5) is 0 Å². The summed E-state index contributed by atoms with van der Waals surface area (Å²) >= 11 is 0. The van der Waals surface area contributed by atoms with Gasteiger partial charge < -0.3 is 9.88 Å². The molecule has 3 rings (SSSR count). The van der Waals surface area contributed by atoms with E-state index >= 15 is 0 Å². The zero-order valence-corrected chi connectivity index (χ0v) is 11.7. The molecule has 1 aliphatic heterocycles. The van der Waals surface area contributed by atoms with Crippen LogP contribution in [0.1, 0.15) is 24.2 Å². The molecule has 0 amide bonds. The van der Waals surface area contributed by atoms with Gasteiger partial charge in [0.15, 0.2) is 5.82 Å². The van der Waals surface area contributed by atoms with Crippen LogP contribution >= 0.6 is 0 Å². The van der Waals surface area contributed by atoms with Crippen LogP contribution in [0, 0.1) is 13.8 Å². The van der Waals surface area contributed by atoms with Gasteiger partial charge >= 0.3 is 0 Å². The minimum Gasteiger partial charge on any atom is -0.330 e. The molecular formula is C13H20N6. The van der Waals surface area contributed by atoms with Crippen LogP contribution in [0.15, 0.2) is 6.20 Å². The topological polar surface area (TPSA) is 60.6 Å². The predicted molar refractivity (Wildman–Crippen MR) is 72.7 cm³/mol. The summed E-state index contributed by atoms with van der Waals surface area (Å²) in [5.74, 6) is 0.889. The van der Waals surface area contributed by atoms with E-state index in [4.69, 9.17) is 0 Å². The van der Waals surface area contributed by atoms with Gasteiger partial charge in [-0.1, -0.05) is 5.21 Å². The van der Waals surface area contributed by atoms with Gasteiger partial charge in [-0.15, -0.1) is 5.10 Å². The normalized spacial score (nSPS) is 19.2. The van der Waals surface area contributed by atoms with E-state index in [0.29, 0.717) is 6.04 Å². The molecule has 1 N–H and O–H groups in total. The van der Waals surface area contributed by atoms with Gasteiger partial charge in [0, 0.05) is 18.8 Å². The van der Waals surface area contributed by atoms with Crippen LogP contribution in [0.2, 0.25) is 0 Å². The molecule has 1 fully saturated rings. The number of hydrogen-bond acceptors (Lipinski definition) is 4. The standard InChI is InChI=1S/C13H20N6/c1-9-10(2)18(3)13(15-9)12-8-19(17-16-12)7-11-5-4-6-14-11/h8,11,14H,4-7H2,1-3H3/t11-/m0/s1. The lowest BCUT2D eigenvalue weighted by atomic mass is 10.2. The fourth-order valence-corrected chi connectivity index (χ4v) is 2.57. The van der Waals surface area contributed by atoms with E-state index in [1.807, 2.05) is 24.9 Å². The Labute approximate surface area is 112 Å². The van der Waals surface area contributed by atoms with Crippen LogP contribution in [0.25, 0.3) is 11.5 Å². The van der Waals surface area contributed by atoms with Gasteiger partial charge in [0.05, 0.1) is 18.4 Å². The second kappa shape index (κ2) is 4.77. The fourth-order valence-electron chi connectivity index (χ4n) is 2.57. The third-order valence-corrected chi connectivity index (χ3v) is 3.96. The molecule has 2 aromatic heterocycles. The number of nitrogens with one attached hydrogen (secondary N) is 1. The monoisotopic (exact) mass is 260 g/mol. The van der Waals surface area contributed by atoms with E-state index < -0.39 is 0 Å². The number of aromatic nitrogens is 5. The summed E-state index contributed by atoms with van der Waals surface area (Å²) in [5, 5.41) is 11.9. The first-order chi connectivity index (χ1) is 9.15. The highest BCUT2D eigenvalue weighted by Gasteiger charge is 2.17. The highest BCUT2D eigenvalue weighted by atomic mass is 15.4. The van der Waals surface area contributed by atoms with Crippen molar-refractivity contribution < 1.29 is 0 Å². The Morgan fingerprint density at radius 3 is 2.89 bits per heavy atom. The summed E-state index contributed by atoms with van der Waals surface area (Å²) in [6, 6.07) is 0.527. The minimum atomic E-state index is 0.527. The molecule has 102 valence electrons. The van der Waals surface area contributed by atoms with Crippen molar-refractivity contribution in [3.63, 3.8) is 0 Å². The van der Waals surface area contributed by atoms with Crippen LogP contribution in [-0.4, -0.2) is 37.1 Å². The number of hydrogen-bond donors (Lipinski definition) is 1. The quantitative estimate of drug-likeness (QED) is 0.896. The first kappa shape index (κ1) is 12.3. The third kappa shape index (κ3) is 2.28. The van der Waals surface area contributed by atoms with E-state index in [1.54, 1.807) is 0 Å². The third-order valence-electron chi connectivity index (χ3n) is 3.96. The summed E-state index contributed by atoms with van der Waals surface area (Å²) in [7, 11) is 2.02. The van der Waals surface area contributed by atoms with Gasteiger partial charge in [0.1, 0.15) is 5.69 Å². The largest absolute Gasteiger partial charge is 0.330 e. The van der Waals surface area contributed by atoms with E-state index in [2.05, 4.69) is 32.1 Å². The molecule has 0 saturated carbocycles. The molecule has 6 nitrogen and oxygen atoms in total. The number of imidazole rings is 1. The fraction of sp³-hybridized carbons (Fsp3) is 0.615. The lowest BCUT2D eigenvalue weighted by molar-refractivity contribution is 0.466. The first-order valence-corrected chi connectivity index (χ1v) is 6.79. The Hall–Kier alpha value is -1.69. The van der Waals surface area contributed by atoms with Crippen LogP contribution in [-0.2, 0) is 13.6 Å². The maximum atomic E-state index is 4.56. The van der Waals surface area contributed by atoms with Crippen molar-refractivity contribution >= 4 is 0 Å². The molecule has 6 heteroatoms. The second-order valence-corrected chi connectivity index (χ2v) is 5.28. The minimum absolute atomic E-state index is 0.527. The maximum Gasteiger partial charge on any atom is 0.162 e. The Kier molecular flexibility index (Phi) is 3.10. The summed E-state index contributed by atoms with van der Waals surface area (Å²) < 4.78 is 3.98. The first-order valence-electron chi connectivity index (χ1n) is 6.79. The van der Waals surface area contributed by atoms with Crippen molar-refractivity contribution in [1.29, 1.82) is 0 Å². The van der Waals surface area contributed by atoms with E-state index in [1.165, 1.54) is 18.5 Å². The summed E-state index contributed by atoms with van der Waals surface area (Å²) in [5.41, 5.74) is 3.06. The van der Waals surface area contributed by atoms with Gasteiger partial charge in [-0.25, -0.2) is 4.98 Å². The van der Waals surface area contributed by atoms with Crippen molar-refractivity contribution in [3.05, 3.63) is 17.6 Å². The summed E-state index contributed by atoms with van der Waals surface area (Å²) in [6.07, 6.45) is 4.46. The molecule has 1 atom stereocenters. The van der Waals surface area contributed by atoms with Crippen molar-refractivity contribution in [2.75, 3.05) is 6.54 Å².